The minimum atomic E-state index is 0.410. The molecule has 10 heavy (non-hydrogen) atoms. The topological polar surface area (TPSA) is 29.3 Å². The minimum Gasteiger partial charge on any atom is -0.328 e. The van der Waals surface area contributed by atoms with Gasteiger partial charge in [0.15, 0.2) is 0 Å². The van der Waals surface area contributed by atoms with Gasteiger partial charge in [-0.3, -0.25) is 0 Å². The molecule has 2 nitrogen and oxygen atoms in total. The van der Waals surface area contributed by atoms with E-state index < -0.39 is 0 Å². The molecule has 0 aliphatic rings. The van der Waals surface area contributed by atoms with Crippen molar-refractivity contribution in [3.8, 4) is 0 Å². The molecule has 0 aliphatic heterocycles. The lowest BCUT2D eigenvalue weighted by molar-refractivity contribution is 0.374. The summed E-state index contributed by atoms with van der Waals surface area (Å²) in [6, 6.07) is 0.410. The normalized spacial score (nSPS) is 14.1. The van der Waals surface area contributed by atoms with Crippen LogP contribution < -0.4 is 5.73 Å². The SMILES string of the molecule is CCC[C@@H](N)CCN(C)C. The van der Waals surface area contributed by atoms with Gasteiger partial charge in [0.05, 0.1) is 0 Å². The highest BCUT2D eigenvalue weighted by Crippen LogP contribution is 1.98. The fraction of sp³-hybridized carbons (Fsp3) is 1.00. The Morgan fingerprint density at radius 2 is 1.90 bits per heavy atom. The molecular formula is C8H20N2. The second-order valence-corrected chi connectivity index (χ2v) is 3.14. The highest BCUT2D eigenvalue weighted by Gasteiger charge is 2.00. The van der Waals surface area contributed by atoms with Gasteiger partial charge in [0, 0.05) is 6.04 Å². The molecule has 0 bridgehead atoms. The third kappa shape index (κ3) is 6.05. The van der Waals surface area contributed by atoms with Gasteiger partial charge in [-0.15, -0.1) is 0 Å². The van der Waals surface area contributed by atoms with Crippen molar-refractivity contribution in [2.24, 2.45) is 5.73 Å². The van der Waals surface area contributed by atoms with Gasteiger partial charge in [-0.05, 0) is 33.5 Å². The largest absolute Gasteiger partial charge is 0.328 e. The van der Waals surface area contributed by atoms with E-state index in [0.29, 0.717) is 6.04 Å². The zero-order valence-electron chi connectivity index (χ0n) is 7.43. The Kier molecular flexibility index (Phi) is 5.64. The Labute approximate surface area is 64.4 Å². The molecule has 0 aromatic carbocycles. The number of hydrogen-bond donors (Lipinski definition) is 1. The zero-order chi connectivity index (χ0) is 7.98. The predicted octanol–water partition coefficient (Wildman–Crippen LogP) is 1.07. The van der Waals surface area contributed by atoms with Gasteiger partial charge in [0.25, 0.3) is 0 Å². The molecule has 62 valence electrons. The number of nitrogens with zero attached hydrogens (tertiary/aromatic N) is 1. The standard InChI is InChI=1S/C8H20N2/c1-4-5-8(9)6-7-10(2)3/h8H,4-7,9H2,1-3H3/t8-/m1/s1. The van der Waals surface area contributed by atoms with Crippen molar-refractivity contribution in [2.45, 2.75) is 32.2 Å². The maximum Gasteiger partial charge on any atom is 0.00508 e. The number of hydrogen-bond acceptors (Lipinski definition) is 2. The molecule has 0 fully saturated rings. The summed E-state index contributed by atoms with van der Waals surface area (Å²) in [5, 5.41) is 0. The Morgan fingerprint density at radius 3 is 2.30 bits per heavy atom. The van der Waals surface area contributed by atoms with E-state index in [0.717, 1.165) is 19.4 Å². The number of nitrogens with two attached hydrogens (primary N) is 1. The lowest BCUT2D eigenvalue weighted by atomic mass is 10.1. The molecule has 0 amide bonds. The lowest BCUT2D eigenvalue weighted by Crippen LogP contribution is -2.25. The first kappa shape index (κ1) is 9.92. The molecule has 0 aromatic rings. The van der Waals surface area contributed by atoms with Crippen molar-refractivity contribution in [1.29, 1.82) is 0 Å². The van der Waals surface area contributed by atoms with Crippen LogP contribution in [-0.4, -0.2) is 31.6 Å². The molecular weight excluding hydrogens is 124 g/mol. The maximum atomic E-state index is 5.81. The van der Waals surface area contributed by atoms with Gasteiger partial charge < -0.3 is 10.6 Å². The highest BCUT2D eigenvalue weighted by molar-refractivity contribution is 4.61. The molecule has 0 spiro atoms. The maximum absolute atomic E-state index is 5.81. The van der Waals surface area contributed by atoms with Crippen molar-refractivity contribution in [2.75, 3.05) is 20.6 Å². The van der Waals surface area contributed by atoms with Gasteiger partial charge in [-0.25, -0.2) is 0 Å². The Hall–Kier alpha value is -0.0800. The summed E-state index contributed by atoms with van der Waals surface area (Å²) in [6.07, 6.45) is 3.49. The quantitative estimate of drug-likeness (QED) is 0.625. The third-order valence-electron chi connectivity index (χ3n) is 1.61. The third-order valence-corrected chi connectivity index (χ3v) is 1.61. The molecule has 0 heterocycles. The van der Waals surface area contributed by atoms with Gasteiger partial charge in [0.1, 0.15) is 0 Å². The second kappa shape index (κ2) is 5.69. The van der Waals surface area contributed by atoms with E-state index in [1.165, 1.54) is 6.42 Å². The molecule has 0 aliphatic carbocycles. The van der Waals surface area contributed by atoms with Crippen LogP contribution in [0.15, 0.2) is 0 Å². The fourth-order valence-corrected chi connectivity index (χ4v) is 0.939. The van der Waals surface area contributed by atoms with Crippen LogP contribution >= 0.6 is 0 Å². The Bertz CT molecular complexity index is 71.7. The molecule has 0 unspecified atom stereocenters. The van der Waals surface area contributed by atoms with Crippen LogP contribution in [0.2, 0.25) is 0 Å². The highest BCUT2D eigenvalue weighted by atomic mass is 15.0. The lowest BCUT2D eigenvalue weighted by Gasteiger charge is -2.13. The van der Waals surface area contributed by atoms with E-state index in [-0.39, 0.29) is 0 Å². The molecule has 2 heteroatoms. The molecule has 1 atom stereocenters. The molecule has 0 saturated heterocycles. The van der Waals surface area contributed by atoms with Gasteiger partial charge >= 0.3 is 0 Å². The summed E-state index contributed by atoms with van der Waals surface area (Å²) in [5.41, 5.74) is 5.81. The van der Waals surface area contributed by atoms with Crippen LogP contribution in [0.1, 0.15) is 26.2 Å². The van der Waals surface area contributed by atoms with Crippen LogP contribution in [0, 0.1) is 0 Å². The summed E-state index contributed by atoms with van der Waals surface area (Å²) < 4.78 is 0. The van der Waals surface area contributed by atoms with Gasteiger partial charge in [-0.2, -0.15) is 0 Å². The summed E-state index contributed by atoms with van der Waals surface area (Å²) in [5.74, 6) is 0. The van der Waals surface area contributed by atoms with E-state index in [4.69, 9.17) is 5.73 Å². The monoisotopic (exact) mass is 144 g/mol. The van der Waals surface area contributed by atoms with E-state index in [1.54, 1.807) is 0 Å². The average molecular weight is 144 g/mol. The van der Waals surface area contributed by atoms with E-state index in [9.17, 15) is 0 Å². The number of rotatable bonds is 5. The van der Waals surface area contributed by atoms with Crippen molar-refractivity contribution in [1.82, 2.24) is 4.90 Å². The van der Waals surface area contributed by atoms with Crippen LogP contribution in [0.3, 0.4) is 0 Å². The van der Waals surface area contributed by atoms with E-state index in [2.05, 4.69) is 25.9 Å². The molecule has 0 aromatic heterocycles. The zero-order valence-corrected chi connectivity index (χ0v) is 7.43. The first-order chi connectivity index (χ1) is 4.66. The van der Waals surface area contributed by atoms with Crippen molar-refractivity contribution < 1.29 is 0 Å². The molecule has 0 saturated carbocycles. The van der Waals surface area contributed by atoms with E-state index in [1.807, 2.05) is 0 Å². The second-order valence-electron chi connectivity index (χ2n) is 3.14. The van der Waals surface area contributed by atoms with Crippen LogP contribution in [0.4, 0.5) is 0 Å². The smallest absolute Gasteiger partial charge is 0.00508 e. The molecule has 0 rings (SSSR count). The summed E-state index contributed by atoms with van der Waals surface area (Å²) >= 11 is 0. The van der Waals surface area contributed by atoms with Crippen LogP contribution in [0.25, 0.3) is 0 Å². The Morgan fingerprint density at radius 1 is 1.30 bits per heavy atom. The van der Waals surface area contributed by atoms with E-state index >= 15 is 0 Å². The minimum absolute atomic E-state index is 0.410. The van der Waals surface area contributed by atoms with Crippen LogP contribution in [-0.2, 0) is 0 Å². The van der Waals surface area contributed by atoms with Crippen molar-refractivity contribution in [3.05, 3.63) is 0 Å². The Balaban J connectivity index is 3.12. The summed E-state index contributed by atoms with van der Waals surface area (Å²) in [4.78, 5) is 2.18. The van der Waals surface area contributed by atoms with Crippen LogP contribution in [0.5, 0.6) is 0 Å². The summed E-state index contributed by atoms with van der Waals surface area (Å²) in [6.45, 7) is 3.29. The first-order valence-corrected chi connectivity index (χ1v) is 4.07. The van der Waals surface area contributed by atoms with Crippen molar-refractivity contribution in [3.63, 3.8) is 0 Å². The van der Waals surface area contributed by atoms with Gasteiger partial charge in [0.2, 0.25) is 0 Å². The van der Waals surface area contributed by atoms with Crippen molar-refractivity contribution >= 4 is 0 Å². The fourth-order valence-electron chi connectivity index (χ4n) is 0.939. The summed E-state index contributed by atoms with van der Waals surface area (Å²) in [7, 11) is 4.16. The predicted molar refractivity (Wildman–Crippen MR) is 46.1 cm³/mol. The average Bonchev–Trinajstić information content (AvgIpc) is 1.85. The first-order valence-electron chi connectivity index (χ1n) is 4.07. The molecule has 2 N–H and O–H groups in total. The molecule has 0 radical (unpaired) electrons. The van der Waals surface area contributed by atoms with Gasteiger partial charge in [-0.1, -0.05) is 13.3 Å².